The van der Waals surface area contributed by atoms with E-state index in [9.17, 15) is 0 Å². The number of nitrogens with two attached hydrogens (primary N) is 1. The van der Waals surface area contributed by atoms with Crippen molar-refractivity contribution in [1.82, 2.24) is 10.9 Å². The third-order valence-corrected chi connectivity index (χ3v) is 5.22. The second-order valence-electron chi connectivity index (χ2n) is 7.28. The van der Waals surface area contributed by atoms with Crippen LogP contribution in [-0.4, -0.2) is 6.61 Å². The van der Waals surface area contributed by atoms with Gasteiger partial charge in [0.1, 0.15) is 5.75 Å². The lowest BCUT2D eigenvalue weighted by molar-refractivity contribution is 0.304. The molecule has 1 fully saturated rings. The second-order valence-corrected chi connectivity index (χ2v) is 7.28. The summed E-state index contributed by atoms with van der Waals surface area (Å²) in [5, 5.41) is 0. The Morgan fingerprint density at radius 2 is 1.64 bits per heavy atom. The highest BCUT2D eigenvalue weighted by Crippen LogP contribution is 2.35. The van der Waals surface area contributed by atoms with E-state index in [-0.39, 0.29) is 12.1 Å². The van der Waals surface area contributed by atoms with Crippen LogP contribution >= 0.6 is 0 Å². The van der Waals surface area contributed by atoms with Crippen LogP contribution in [0.3, 0.4) is 0 Å². The highest BCUT2D eigenvalue weighted by Gasteiger charge is 2.28. The highest BCUT2D eigenvalue weighted by molar-refractivity contribution is 5.42. The van der Waals surface area contributed by atoms with Gasteiger partial charge in [0.2, 0.25) is 0 Å². The molecule has 1 saturated heterocycles. The Kier molecular flexibility index (Phi) is 5.90. The predicted molar refractivity (Wildman–Crippen MR) is 114 cm³/mol. The number of para-hydroxylation sites is 1. The maximum atomic E-state index is 6.14. The Bertz CT molecular complexity index is 897. The number of hydrogen-bond donors (Lipinski definition) is 3. The van der Waals surface area contributed by atoms with E-state index >= 15 is 0 Å². The summed E-state index contributed by atoms with van der Waals surface area (Å²) < 4.78 is 6.14. The van der Waals surface area contributed by atoms with Crippen LogP contribution in [-0.2, 0) is 6.42 Å². The minimum absolute atomic E-state index is 0.205. The number of hydrazine groups is 1. The zero-order chi connectivity index (χ0) is 19.2. The number of ether oxygens (including phenoxy) is 1. The molecular formula is C24H27N3O. The smallest absolute Gasteiger partial charge is 0.124 e. The molecule has 28 heavy (non-hydrogen) atoms. The van der Waals surface area contributed by atoms with Gasteiger partial charge in [-0.25, -0.2) is 10.9 Å². The van der Waals surface area contributed by atoms with Crippen LogP contribution in [0.5, 0.6) is 5.75 Å². The standard InChI is InChI=1S/C24H27N3O/c25-20-12-6-11-19(16-20)22-17-23(27-26-22)21-13-4-5-14-24(21)28-15-7-10-18-8-2-1-3-9-18/h1-6,8-9,11-14,16,22-23,26-27H,7,10,15,17,25H2. The van der Waals surface area contributed by atoms with Gasteiger partial charge in [0.05, 0.1) is 12.6 Å². The number of benzene rings is 3. The minimum atomic E-state index is 0.205. The van der Waals surface area contributed by atoms with Gasteiger partial charge in [-0.2, -0.15) is 0 Å². The molecule has 4 N–H and O–H groups in total. The zero-order valence-corrected chi connectivity index (χ0v) is 16.0. The van der Waals surface area contributed by atoms with Crippen LogP contribution in [0.15, 0.2) is 78.9 Å². The molecule has 1 aliphatic rings. The maximum Gasteiger partial charge on any atom is 0.124 e. The van der Waals surface area contributed by atoms with Crippen LogP contribution in [0.25, 0.3) is 0 Å². The molecule has 4 heteroatoms. The minimum Gasteiger partial charge on any atom is -0.493 e. The molecule has 0 saturated carbocycles. The molecular weight excluding hydrogens is 346 g/mol. The van der Waals surface area contributed by atoms with Crippen molar-refractivity contribution in [2.24, 2.45) is 0 Å². The van der Waals surface area contributed by atoms with E-state index in [1.165, 1.54) is 16.7 Å². The molecule has 3 aromatic carbocycles. The number of rotatable bonds is 7. The molecule has 3 aromatic rings. The Labute approximate surface area is 166 Å². The van der Waals surface area contributed by atoms with E-state index < -0.39 is 0 Å². The first-order chi connectivity index (χ1) is 13.8. The van der Waals surface area contributed by atoms with Gasteiger partial charge in [-0.15, -0.1) is 0 Å². The SMILES string of the molecule is Nc1cccc(C2CC(c3ccccc3OCCCc3ccccc3)NN2)c1. The fourth-order valence-electron chi connectivity index (χ4n) is 3.76. The molecule has 1 aliphatic heterocycles. The van der Waals surface area contributed by atoms with E-state index in [1.807, 2.05) is 24.3 Å². The third-order valence-electron chi connectivity index (χ3n) is 5.22. The van der Waals surface area contributed by atoms with Crippen LogP contribution in [0, 0.1) is 0 Å². The van der Waals surface area contributed by atoms with Gasteiger partial charge in [0.15, 0.2) is 0 Å². The van der Waals surface area contributed by atoms with Crippen LogP contribution in [0.2, 0.25) is 0 Å². The second kappa shape index (κ2) is 8.91. The van der Waals surface area contributed by atoms with Crippen molar-refractivity contribution in [3.63, 3.8) is 0 Å². The van der Waals surface area contributed by atoms with E-state index in [1.54, 1.807) is 0 Å². The van der Waals surface area contributed by atoms with E-state index in [0.717, 1.165) is 30.7 Å². The van der Waals surface area contributed by atoms with Gasteiger partial charge in [-0.05, 0) is 48.6 Å². The molecule has 2 unspecified atom stereocenters. The van der Waals surface area contributed by atoms with Crippen molar-refractivity contribution in [2.45, 2.75) is 31.3 Å². The summed E-state index contributed by atoms with van der Waals surface area (Å²) in [7, 11) is 0. The van der Waals surface area contributed by atoms with Crippen molar-refractivity contribution in [3.8, 4) is 5.75 Å². The molecule has 0 amide bonds. The number of anilines is 1. The maximum absolute atomic E-state index is 6.14. The zero-order valence-electron chi connectivity index (χ0n) is 16.0. The summed E-state index contributed by atoms with van der Waals surface area (Å²) in [5.74, 6) is 0.961. The quantitative estimate of drug-likeness (QED) is 0.420. The summed E-state index contributed by atoms with van der Waals surface area (Å²) in [6.07, 6.45) is 2.98. The van der Waals surface area contributed by atoms with E-state index in [0.29, 0.717) is 6.61 Å². The Morgan fingerprint density at radius 1 is 0.857 bits per heavy atom. The summed E-state index contributed by atoms with van der Waals surface area (Å²) in [6.45, 7) is 0.713. The van der Waals surface area contributed by atoms with Gasteiger partial charge in [-0.3, -0.25) is 0 Å². The lowest BCUT2D eigenvalue weighted by atomic mass is 9.97. The summed E-state index contributed by atoms with van der Waals surface area (Å²) in [6, 6.07) is 27.4. The average molecular weight is 374 g/mol. The average Bonchev–Trinajstić information content (AvgIpc) is 3.22. The first-order valence-electron chi connectivity index (χ1n) is 9.92. The molecule has 0 radical (unpaired) electrons. The molecule has 144 valence electrons. The summed E-state index contributed by atoms with van der Waals surface area (Å²) >= 11 is 0. The predicted octanol–water partition coefficient (Wildman–Crippen LogP) is 4.56. The lowest BCUT2D eigenvalue weighted by Gasteiger charge is -2.16. The lowest BCUT2D eigenvalue weighted by Crippen LogP contribution is -2.27. The van der Waals surface area contributed by atoms with Gasteiger partial charge in [-0.1, -0.05) is 60.7 Å². The molecule has 4 rings (SSSR count). The molecule has 0 aromatic heterocycles. The topological polar surface area (TPSA) is 59.3 Å². The van der Waals surface area contributed by atoms with Crippen molar-refractivity contribution in [1.29, 1.82) is 0 Å². The molecule has 4 nitrogen and oxygen atoms in total. The van der Waals surface area contributed by atoms with Crippen molar-refractivity contribution < 1.29 is 4.74 Å². The fourth-order valence-corrected chi connectivity index (χ4v) is 3.76. The molecule has 0 aliphatic carbocycles. The Morgan fingerprint density at radius 3 is 2.50 bits per heavy atom. The fraction of sp³-hybridized carbons (Fsp3) is 0.250. The molecule has 2 atom stereocenters. The number of nitrogen functional groups attached to an aromatic ring is 1. The summed E-state index contributed by atoms with van der Waals surface area (Å²) in [5.41, 5.74) is 17.3. The van der Waals surface area contributed by atoms with Crippen molar-refractivity contribution in [2.75, 3.05) is 12.3 Å². The van der Waals surface area contributed by atoms with Crippen LogP contribution < -0.4 is 21.3 Å². The normalized spacial score (nSPS) is 18.9. The molecule has 0 spiro atoms. The van der Waals surface area contributed by atoms with Crippen LogP contribution in [0.1, 0.15) is 41.6 Å². The first-order valence-corrected chi connectivity index (χ1v) is 9.92. The number of aryl methyl sites for hydroxylation is 1. The van der Waals surface area contributed by atoms with Gasteiger partial charge < -0.3 is 10.5 Å². The Balaban J connectivity index is 1.36. The van der Waals surface area contributed by atoms with Gasteiger partial charge >= 0.3 is 0 Å². The monoisotopic (exact) mass is 373 g/mol. The van der Waals surface area contributed by atoms with E-state index in [4.69, 9.17) is 10.5 Å². The van der Waals surface area contributed by atoms with Gasteiger partial charge in [0, 0.05) is 17.3 Å². The van der Waals surface area contributed by atoms with Crippen molar-refractivity contribution in [3.05, 3.63) is 95.6 Å². The first kappa shape index (κ1) is 18.5. The van der Waals surface area contributed by atoms with Crippen LogP contribution in [0.4, 0.5) is 5.69 Å². The van der Waals surface area contributed by atoms with E-state index in [2.05, 4.69) is 65.4 Å². The largest absolute Gasteiger partial charge is 0.493 e. The Hall–Kier alpha value is -2.82. The molecule has 1 heterocycles. The number of nitrogens with one attached hydrogen (secondary N) is 2. The highest BCUT2D eigenvalue weighted by atomic mass is 16.5. The van der Waals surface area contributed by atoms with Crippen molar-refractivity contribution >= 4 is 5.69 Å². The summed E-state index contributed by atoms with van der Waals surface area (Å²) in [4.78, 5) is 0. The number of hydrogen-bond acceptors (Lipinski definition) is 4. The molecule has 0 bridgehead atoms. The van der Waals surface area contributed by atoms with Gasteiger partial charge in [0.25, 0.3) is 0 Å². The third kappa shape index (κ3) is 4.53.